The molecule has 0 N–H and O–H groups in total. The van der Waals surface area contributed by atoms with Gasteiger partial charge in [-0.2, -0.15) is 26.3 Å². The maximum atomic E-state index is 13.5. The second-order valence-corrected chi connectivity index (χ2v) is 9.96. The second-order valence-electron chi connectivity index (χ2n) is 7.94. The van der Waals surface area contributed by atoms with Gasteiger partial charge in [0.2, 0.25) is 0 Å². The van der Waals surface area contributed by atoms with Gasteiger partial charge < -0.3 is 14.4 Å². The number of carbonyl (C=O) groups excluding carboxylic acids is 1. The summed E-state index contributed by atoms with van der Waals surface area (Å²) in [5, 5.41) is 0. The van der Waals surface area contributed by atoms with Crippen LogP contribution in [0.15, 0.2) is 35.2 Å². The fraction of sp³-hybridized carbons (Fsp3) is 0.409. The van der Waals surface area contributed by atoms with Crippen molar-refractivity contribution in [2.24, 2.45) is 0 Å². The van der Waals surface area contributed by atoms with Gasteiger partial charge in [0.15, 0.2) is 15.9 Å². The summed E-state index contributed by atoms with van der Waals surface area (Å²) in [5.41, 5.74) is -0.938. The highest BCUT2D eigenvalue weighted by atomic mass is 32.2. The molecule has 1 atom stereocenters. The standard InChI is InChI=1S/C22H21F6NO5S/c1-4-33-19-8-14-11-29(10-13(14)7-17(19)22(26,27)28)20(30)16-9-15(35(3,31)32)5-6-18(16)34-12(2)21(23,24)25/h5-9,12H,4,10-11H2,1-3H3/t12-/m0/s1. The van der Waals surface area contributed by atoms with Crippen LogP contribution in [0.2, 0.25) is 0 Å². The summed E-state index contributed by atoms with van der Waals surface area (Å²) in [4.78, 5) is 14.0. The smallest absolute Gasteiger partial charge is 0.425 e. The summed E-state index contributed by atoms with van der Waals surface area (Å²) in [5.74, 6) is -1.81. The zero-order valence-electron chi connectivity index (χ0n) is 18.7. The lowest BCUT2D eigenvalue weighted by atomic mass is 10.0. The molecular formula is C22H21F6NO5S. The molecule has 2 aromatic rings. The molecule has 0 aliphatic carbocycles. The van der Waals surface area contributed by atoms with Crippen LogP contribution in [-0.4, -0.2) is 44.4 Å². The van der Waals surface area contributed by atoms with Crippen LogP contribution in [0.4, 0.5) is 26.3 Å². The first-order chi connectivity index (χ1) is 16.0. The van der Waals surface area contributed by atoms with Crippen LogP contribution >= 0.6 is 0 Å². The lowest BCUT2D eigenvalue weighted by Crippen LogP contribution is -2.32. The molecule has 1 heterocycles. The molecule has 192 valence electrons. The fourth-order valence-electron chi connectivity index (χ4n) is 3.51. The van der Waals surface area contributed by atoms with E-state index < -0.39 is 56.8 Å². The largest absolute Gasteiger partial charge is 0.493 e. The van der Waals surface area contributed by atoms with Gasteiger partial charge in [0.1, 0.15) is 11.5 Å². The Hall–Kier alpha value is -2.96. The summed E-state index contributed by atoms with van der Waals surface area (Å²) >= 11 is 0. The molecule has 0 aromatic heterocycles. The quantitative estimate of drug-likeness (QED) is 0.497. The molecule has 0 fully saturated rings. The van der Waals surface area contributed by atoms with Crippen molar-refractivity contribution in [3.8, 4) is 11.5 Å². The summed E-state index contributed by atoms with van der Waals surface area (Å²) < 4.78 is 113. The van der Waals surface area contributed by atoms with E-state index in [2.05, 4.69) is 0 Å². The number of benzene rings is 2. The Morgan fingerprint density at radius 3 is 2.14 bits per heavy atom. The van der Waals surface area contributed by atoms with Crippen molar-refractivity contribution in [3.63, 3.8) is 0 Å². The molecule has 35 heavy (non-hydrogen) atoms. The predicted molar refractivity (Wildman–Crippen MR) is 112 cm³/mol. The van der Waals surface area contributed by atoms with E-state index in [0.29, 0.717) is 5.56 Å². The Morgan fingerprint density at radius 1 is 1.03 bits per heavy atom. The van der Waals surface area contributed by atoms with Crippen molar-refractivity contribution in [1.82, 2.24) is 4.90 Å². The van der Waals surface area contributed by atoms with Crippen molar-refractivity contribution in [3.05, 3.63) is 52.6 Å². The zero-order chi connectivity index (χ0) is 26.3. The Balaban J connectivity index is 2.01. The third-order valence-corrected chi connectivity index (χ3v) is 6.40. The van der Waals surface area contributed by atoms with Crippen LogP contribution in [0.5, 0.6) is 11.5 Å². The first-order valence-electron chi connectivity index (χ1n) is 10.2. The highest BCUT2D eigenvalue weighted by Gasteiger charge is 2.40. The molecule has 1 aliphatic heterocycles. The van der Waals surface area contributed by atoms with Crippen LogP contribution in [0, 0.1) is 0 Å². The van der Waals surface area contributed by atoms with Crippen LogP contribution in [0.1, 0.15) is 40.9 Å². The lowest BCUT2D eigenvalue weighted by molar-refractivity contribution is -0.189. The number of amides is 1. The van der Waals surface area contributed by atoms with E-state index in [0.717, 1.165) is 42.3 Å². The molecule has 0 radical (unpaired) electrons. The molecule has 2 aromatic carbocycles. The predicted octanol–water partition coefficient (Wildman–Crippen LogP) is 4.99. The van der Waals surface area contributed by atoms with Gasteiger partial charge in [0.05, 0.1) is 22.6 Å². The number of rotatable bonds is 6. The minimum Gasteiger partial charge on any atom is -0.493 e. The Kier molecular flexibility index (Phi) is 7.04. The Bertz CT molecular complexity index is 1240. The SMILES string of the molecule is CCOc1cc2c(cc1C(F)(F)F)CN(C(=O)c1cc(S(C)(=O)=O)ccc1O[C@@H](C)C(F)(F)F)C2. The van der Waals surface area contributed by atoms with Crippen molar-refractivity contribution < 1.29 is 49.0 Å². The number of sulfone groups is 1. The zero-order valence-corrected chi connectivity index (χ0v) is 19.6. The van der Waals surface area contributed by atoms with Crippen molar-refractivity contribution in [2.45, 2.75) is 50.3 Å². The van der Waals surface area contributed by atoms with Gasteiger partial charge in [0.25, 0.3) is 5.91 Å². The number of alkyl halides is 6. The normalized spacial score (nSPS) is 15.1. The Morgan fingerprint density at radius 2 is 1.63 bits per heavy atom. The van der Waals surface area contributed by atoms with Gasteiger partial charge in [-0.25, -0.2) is 8.42 Å². The first-order valence-corrected chi connectivity index (χ1v) is 12.1. The molecule has 13 heteroatoms. The van der Waals surface area contributed by atoms with Crippen molar-refractivity contribution in [1.29, 1.82) is 0 Å². The topological polar surface area (TPSA) is 72.9 Å². The molecule has 0 spiro atoms. The van der Waals surface area contributed by atoms with Crippen molar-refractivity contribution in [2.75, 3.05) is 12.9 Å². The average molecular weight is 525 g/mol. The molecule has 0 saturated carbocycles. The van der Waals surface area contributed by atoms with Gasteiger partial charge in [-0.1, -0.05) is 0 Å². The lowest BCUT2D eigenvalue weighted by Gasteiger charge is -2.22. The number of hydrogen-bond acceptors (Lipinski definition) is 5. The van der Waals surface area contributed by atoms with E-state index in [-0.39, 0.29) is 30.2 Å². The minimum atomic E-state index is -4.76. The fourth-order valence-corrected chi connectivity index (χ4v) is 4.15. The molecule has 0 saturated heterocycles. The van der Waals surface area contributed by atoms with Crippen LogP contribution in [0.3, 0.4) is 0 Å². The number of halogens is 6. The van der Waals surface area contributed by atoms with Gasteiger partial charge in [0, 0.05) is 19.3 Å². The highest BCUT2D eigenvalue weighted by molar-refractivity contribution is 7.90. The van der Waals surface area contributed by atoms with Gasteiger partial charge >= 0.3 is 12.4 Å². The van der Waals surface area contributed by atoms with Crippen LogP contribution < -0.4 is 9.47 Å². The third kappa shape index (κ3) is 5.82. The number of fused-ring (bicyclic) bond motifs is 1. The highest BCUT2D eigenvalue weighted by Crippen LogP contribution is 2.41. The summed E-state index contributed by atoms with van der Waals surface area (Å²) in [7, 11) is -3.83. The van der Waals surface area contributed by atoms with E-state index in [1.165, 1.54) is 13.0 Å². The Labute approximate surface area is 197 Å². The van der Waals surface area contributed by atoms with Gasteiger partial charge in [-0.3, -0.25) is 4.79 Å². The number of ether oxygens (including phenoxy) is 2. The summed E-state index contributed by atoms with van der Waals surface area (Å²) in [6, 6.07) is 4.89. The maximum Gasteiger partial charge on any atom is 0.425 e. The number of hydrogen-bond donors (Lipinski definition) is 0. The average Bonchev–Trinajstić information content (AvgIpc) is 3.14. The van der Waals surface area contributed by atoms with Gasteiger partial charge in [-0.15, -0.1) is 0 Å². The molecular weight excluding hydrogens is 504 g/mol. The molecule has 1 amide bonds. The van der Waals surface area contributed by atoms with E-state index in [9.17, 15) is 39.6 Å². The van der Waals surface area contributed by atoms with Crippen LogP contribution in [-0.2, 0) is 29.1 Å². The van der Waals surface area contributed by atoms with E-state index in [1.54, 1.807) is 0 Å². The summed E-state index contributed by atoms with van der Waals surface area (Å²) in [6.07, 6.45) is -10.9. The molecule has 6 nitrogen and oxygen atoms in total. The summed E-state index contributed by atoms with van der Waals surface area (Å²) in [6.45, 7) is 1.77. The number of carbonyl (C=O) groups is 1. The van der Waals surface area contributed by atoms with Gasteiger partial charge in [-0.05, 0) is 55.3 Å². The first kappa shape index (κ1) is 26.6. The molecule has 3 rings (SSSR count). The molecule has 0 bridgehead atoms. The third-order valence-electron chi connectivity index (χ3n) is 5.29. The second kappa shape index (κ2) is 9.25. The molecule has 0 unspecified atom stereocenters. The molecule has 1 aliphatic rings. The number of nitrogens with zero attached hydrogens (tertiary/aromatic N) is 1. The monoisotopic (exact) mass is 525 g/mol. The van der Waals surface area contributed by atoms with E-state index >= 15 is 0 Å². The van der Waals surface area contributed by atoms with E-state index in [4.69, 9.17) is 9.47 Å². The van der Waals surface area contributed by atoms with Crippen LogP contribution in [0.25, 0.3) is 0 Å². The van der Waals surface area contributed by atoms with Crippen molar-refractivity contribution >= 4 is 15.7 Å². The maximum absolute atomic E-state index is 13.5. The minimum absolute atomic E-state index is 0.0269. The van der Waals surface area contributed by atoms with E-state index in [1.807, 2.05) is 0 Å².